The first-order valence-electron chi connectivity index (χ1n) is 5.24. The average molecular weight is 246 g/mol. The molecule has 16 heavy (non-hydrogen) atoms. The molecule has 0 spiro atoms. The molecular weight excluding hydrogens is 228 g/mol. The van der Waals surface area contributed by atoms with Crippen LogP contribution < -0.4 is 5.73 Å². The van der Waals surface area contributed by atoms with Crippen molar-refractivity contribution in [3.8, 4) is 0 Å². The number of aliphatic hydroxyl groups is 1. The van der Waals surface area contributed by atoms with Gasteiger partial charge in [0.25, 0.3) is 0 Å². The number of H-pyrrole nitrogens is 1. The Kier molecular flexibility index (Phi) is 5.07. The van der Waals surface area contributed by atoms with Crippen molar-refractivity contribution >= 4 is 12.2 Å². The van der Waals surface area contributed by atoms with Crippen molar-refractivity contribution in [3.63, 3.8) is 0 Å². The summed E-state index contributed by atoms with van der Waals surface area (Å²) in [7, 11) is 0. The molecule has 0 unspecified atom stereocenters. The highest BCUT2D eigenvalue weighted by Crippen LogP contribution is 2.11. The van der Waals surface area contributed by atoms with Gasteiger partial charge in [-0.1, -0.05) is 0 Å². The lowest BCUT2D eigenvalue weighted by Gasteiger charge is -2.15. The zero-order valence-electron chi connectivity index (χ0n) is 9.51. The molecule has 4 N–H and O–H groups in total. The van der Waals surface area contributed by atoms with Crippen LogP contribution in [-0.2, 0) is 11.3 Å². The van der Waals surface area contributed by atoms with Gasteiger partial charge >= 0.3 is 0 Å². The molecule has 0 aromatic carbocycles. The van der Waals surface area contributed by atoms with Crippen LogP contribution >= 0.6 is 12.2 Å². The van der Waals surface area contributed by atoms with E-state index in [0.717, 1.165) is 0 Å². The van der Waals surface area contributed by atoms with Crippen LogP contribution in [0.25, 0.3) is 0 Å². The number of rotatable bonds is 6. The fraction of sp³-hybridized carbons (Fsp3) is 0.778. The average Bonchev–Trinajstić information content (AvgIpc) is 2.60. The van der Waals surface area contributed by atoms with Gasteiger partial charge in [-0.2, -0.15) is 5.10 Å². The summed E-state index contributed by atoms with van der Waals surface area (Å²) in [5, 5.41) is 16.1. The van der Waals surface area contributed by atoms with Crippen LogP contribution in [-0.4, -0.2) is 39.2 Å². The van der Waals surface area contributed by atoms with Gasteiger partial charge in [0, 0.05) is 6.61 Å². The van der Waals surface area contributed by atoms with Gasteiger partial charge in [0.15, 0.2) is 10.6 Å². The van der Waals surface area contributed by atoms with Crippen molar-refractivity contribution in [2.45, 2.75) is 32.5 Å². The van der Waals surface area contributed by atoms with E-state index in [1.807, 2.05) is 6.92 Å². The Balaban J connectivity index is 2.81. The Bertz CT molecular complexity index is 374. The van der Waals surface area contributed by atoms with E-state index in [-0.39, 0.29) is 0 Å². The highest BCUT2D eigenvalue weighted by atomic mass is 32.1. The highest BCUT2D eigenvalue weighted by Gasteiger charge is 2.18. The maximum absolute atomic E-state index is 9.42. The maximum Gasteiger partial charge on any atom is 0.195 e. The van der Waals surface area contributed by atoms with Crippen LogP contribution in [0.3, 0.4) is 0 Å². The summed E-state index contributed by atoms with van der Waals surface area (Å²) in [6, 6.07) is -0.547. The molecular formula is C9H18N4O2S. The minimum Gasteiger partial charge on any atom is -0.391 e. The van der Waals surface area contributed by atoms with Gasteiger partial charge in [-0.15, -0.1) is 0 Å². The third-order valence-corrected chi connectivity index (χ3v) is 2.58. The number of ether oxygens (including phenoxy) is 1. The lowest BCUT2D eigenvalue weighted by Crippen LogP contribution is -2.27. The molecule has 0 amide bonds. The first-order valence-corrected chi connectivity index (χ1v) is 5.65. The fourth-order valence-corrected chi connectivity index (χ4v) is 1.55. The van der Waals surface area contributed by atoms with Gasteiger partial charge in [0.1, 0.15) is 0 Å². The monoisotopic (exact) mass is 246 g/mol. The Morgan fingerprint density at radius 3 is 2.94 bits per heavy atom. The van der Waals surface area contributed by atoms with Crippen LogP contribution in [0, 0.1) is 4.77 Å². The van der Waals surface area contributed by atoms with Crippen molar-refractivity contribution in [3.05, 3.63) is 10.6 Å². The maximum atomic E-state index is 9.42. The van der Waals surface area contributed by atoms with E-state index in [4.69, 9.17) is 22.7 Å². The van der Waals surface area contributed by atoms with E-state index in [2.05, 4.69) is 10.2 Å². The van der Waals surface area contributed by atoms with Gasteiger partial charge in [0.2, 0.25) is 0 Å². The summed E-state index contributed by atoms with van der Waals surface area (Å²) >= 11 is 5.08. The second-order valence-corrected chi connectivity index (χ2v) is 3.89. The van der Waals surface area contributed by atoms with Crippen LogP contribution in [0.4, 0.5) is 0 Å². The molecule has 0 saturated heterocycles. The third-order valence-electron chi connectivity index (χ3n) is 2.27. The lowest BCUT2D eigenvalue weighted by molar-refractivity contribution is 0.133. The minimum atomic E-state index is -0.670. The summed E-state index contributed by atoms with van der Waals surface area (Å²) < 4.78 is 7.49. The summed E-state index contributed by atoms with van der Waals surface area (Å²) in [5.41, 5.74) is 5.82. The Labute approximate surface area is 99.4 Å². The largest absolute Gasteiger partial charge is 0.391 e. The predicted octanol–water partition coefficient (Wildman–Crippen LogP) is 0.358. The molecule has 92 valence electrons. The molecule has 0 aliphatic heterocycles. The van der Waals surface area contributed by atoms with Gasteiger partial charge in [0.05, 0.1) is 25.3 Å². The number of aliphatic hydroxyl groups excluding tert-OH is 1. The normalized spacial score (nSPS) is 15.0. The molecule has 7 heteroatoms. The first kappa shape index (κ1) is 13.3. The number of nitrogens with two attached hydrogens (primary N) is 1. The fourth-order valence-electron chi connectivity index (χ4n) is 1.32. The summed E-state index contributed by atoms with van der Waals surface area (Å²) in [4.78, 5) is 0. The second-order valence-electron chi connectivity index (χ2n) is 3.50. The summed E-state index contributed by atoms with van der Waals surface area (Å²) in [6.07, 6.45) is -0.670. The van der Waals surface area contributed by atoms with Crippen molar-refractivity contribution in [2.24, 2.45) is 5.73 Å². The van der Waals surface area contributed by atoms with Crippen molar-refractivity contribution in [1.82, 2.24) is 14.8 Å². The van der Waals surface area contributed by atoms with Crippen LogP contribution in [0.2, 0.25) is 0 Å². The van der Waals surface area contributed by atoms with E-state index >= 15 is 0 Å². The van der Waals surface area contributed by atoms with E-state index in [0.29, 0.717) is 30.4 Å². The molecule has 2 atom stereocenters. The number of nitrogens with one attached hydrogen (secondary N) is 1. The standard InChI is InChI=1S/C9H18N4O2S/c1-3-15-5-4-13-8(7(10)6(2)14)11-12-9(13)16/h6-7,14H,3-5,10H2,1-2H3,(H,12,16)/t6-,7-/m0/s1. The summed E-state index contributed by atoms with van der Waals surface area (Å²) in [6.45, 7) is 5.33. The van der Waals surface area contributed by atoms with Crippen LogP contribution in [0.15, 0.2) is 0 Å². The molecule has 0 saturated carbocycles. The van der Waals surface area contributed by atoms with Crippen LogP contribution in [0.1, 0.15) is 25.7 Å². The molecule has 1 aromatic heterocycles. The highest BCUT2D eigenvalue weighted by molar-refractivity contribution is 7.71. The van der Waals surface area contributed by atoms with Gasteiger partial charge < -0.3 is 20.1 Å². The smallest absolute Gasteiger partial charge is 0.195 e. The molecule has 6 nitrogen and oxygen atoms in total. The molecule has 0 fully saturated rings. The van der Waals surface area contributed by atoms with Crippen LogP contribution in [0.5, 0.6) is 0 Å². The quantitative estimate of drug-likeness (QED) is 0.498. The van der Waals surface area contributed by atoms with E-state index in [1.165, 1.54) is 0 Å². The number of aromatic nitrogens is 3. The van der Waals surface area contributed by atoms with Crippen molar-refractivity contribution in [2.75, 3.05) is 13.2 Å². The Hall–Kier alpha value is -0.760. The summed E-state index contributed by atoms with van der Waals surface area (Å²) in [5.74, 6) is 0.555. The van der Waals surface area contributed by atoms with E-state index in [9.17, 15) is 5.11 Å². The third kappa shape index (κ3) is 3.11. The Morgan fingerprint density at radius 1 is 1.69 bits per heavy atom. The topological polar surface area (TPSA) is 89.1 Å². The van der Waals surface area contributed by atoms with Crippen molar-refractivity contribution in [1.29, 1.82) is 0 Å². The number of nitrogens with zero attached hydrogens (tertiary/aromatic N) is 2. The molecule has 1 rings (SSSR count). The predicted molar refractivity (Wildman–Crippen MR) is 62.5 cm³/mol. The second kappa shape index (κ2) is 6.09. The number of hydrogen-bond acceptors (Lipinski definition) is 5. The van der Waals surface area contributed by atoms with Gasteiger partial charge in [-0.25, -0.2) is 0 Å². The molecule has 1 aromatic rings. The molecule has 0 aliphatic carbocycles. The lowest BCUT2D eigenvalue weighted by atomic mass is 10.2. The molecule has 0 aliphatic rings. The molecule has 0 bridgehead atoms. The zero-order chi connectivity index (χ0) is 12.1. The van der Waals surface area contributed by atoms with E-state index in [1.54, 1.807) is 11.5 Å². The van der Waals surface area contributed by atoms with Crippen molar-refractivity contribution < 1.29 is 9.84 Å². The van der Waals surface area contributed by atoms with Gasteiger partial charge in [-0.3, -0.25) is 5.10 Å². The Morgan fingerprint density at radius 2 is 2.38 bits per heavy atom. The molecule has 1 heterocycles. The SMILES string of the molecule is CCOCCn1c([C@@H](N)[C@H](C)O)n[nH]c1=S. The zero-order valence-corrected chi connectivity index (χ0v) is 10.3. The minimum absolute atomic E-state index is 0.491. The molecule has 0 radical (unpaired) electrons. The van der Waals surface area contributed by atoms with Gasteiger partial charge in [-0.05, 0) is 26.1 Å². The first-order chi connectivity index (χ1) is 7.57. The number of hydrogen-bond donors (Lipinski definition) is 3. The van der Waals surface area contributed by atoms with E-state index < -0.39 is 12.1 Å². The number of aromatic amines is 1.